The smallest absolute Gasteiger partial charge is 0.397 e. The normalized spacial score (nSPS) is 23.1. The molecule has 1 aromatic carbocycles. The molecule has 5 rings (SSSR count). The van der Waals surface area contributed by atoms with E-state index < -0.39 is 8.60 Å². The van der Waals surface area contributed by atoms with E-state index in [2.05, 4.69) is 27.1 Å². The van der Waals surface area contributed by atoms with Gasteiger partial charge in [-0.2, -0.15) is 9.97 Å². The van der Waals surface area contributed by atoms with Crippen molar-refractivity contribution >= 4 is 25.7 Å². The van der Waals surface area contributed by atoms with Crippen LogP contribution < -0.4 is 15.0 Å². The van der Waals surface area contributed by atoms with Gasteiger partial charge in [0, 0.05) is 11.5 Å². The number of methoxy groups -OCH3 is 1. The maximum atomic E-state index is 5.91. The molecule has 0 fully saturated rings. The van der Waals surface area contributed by atoms with E-state index in [0.717, 1.165) is 17.7 Å². The summed E-state index contributed by atoms with van der Waals surface area (Å²) in [6, 6.07) is 7.95. The van der Waals surface area contributed by atoms with Gasteiger partial charge in [0.2, 0.25) is 11.8 Å². The molecule has 10 heteroatoms. The Hall–Kier alpha value is -2.74. The molecule has 2 aliphatic rings. The summed E-state index contributed by atoms with van der Waals surface area (Å²) in [5.74, 6) is 1.61. The van der Waals surface area contributed by atoms with Crippen molar-refractivity contribution in [2.24, 2.45) is 5.92 Å². The van der Waals surface area contributed by atoms with Crippen molar-refractivity contribution in [2.45, 2.75) is 19.1 Å². The fourth-order valence-electron chi connectivity index (χ4n) is 3.54. The molecule has 29 heavy (non-hydrogen) atoms. The highest BCUT2D eigenvalue weighted by molar-refractivity contribution is 7.42. The van der Waals surface area contributed by atoms with E-state index in [-0.39, 0.29) is 17.9 Å². The predicted molar refractivity (Wildman–Crippen MR) is 107 cm³/mol. The zero-order valence-electron chi connectivity index (χ0n) is 15.8. The molecule has 0 amide bonds. The highest BCUT2D eigenvalue weighted by Crippen LogP contribution is 2.47. The molecule has 150 valence electrons. The van der Waals surface area contributed by atoms with Crippen LogP contribution in [0.25, 0.3) is 11.2 Å². The van der Waals surface area contributed by atoms with Crippen molar-refractivity contribution in [3.05, 3.63) is 48.3 Å². The van der Waals surface area contributed by atoms with E-state index in [1.165, 1.54) is 0 Å². The number of nitrogen functional groups attached to an aromatic ring is 1. The average molecular weight is 413 g/mol. The van der Waals surface area contributed by atoms with Crippen LogP contribution in [0.1, 0.15) is 18.0 Å². The molecule has 0 radical (unpaired) electrons. The van der Waals surface area contributed by atoms with E-state index in [1.54, 1.807) is 13.4 Å². The molecule has 1 aliphatic heterocycles. The van der Waals surface area contributed by atoms with E-state index in [1.807, 2.05) is 28.8 Å². The number of aromatic nitrogens is 4. The van der Waals surface area contributed by atoms with Crippen LogP contribution in [0.5, 0.6) is 11.6 Å². The number of nitrogens with two attached hydrogens (primary N) is 1. The molecule has 0 bridgehead atoms. The lowest BCUT2D eigenvalue weighted by atomic mass is 10.1. The number of ether oxygens (including phenoxy) is 1. The largest absolute Gasteiger partial charge is 0.479 e. The quantitative estimate of drug-likeness (QED) is 0.501. The number of nitrogens with zero attached hydrogens (tertiary/aromatic N) is 4. The van der Waals surface area contributed by atoms with Gasteiger partial charge in [0.1, 0.15) is 5.75 Å². The van der Waals surface area contributed by atoms with Crippen molar-refractivity contribution < 1.29 is 18.3 Å². The number of para-hydroxylation sites is 1. The second-order valence-corrected chi connectivity index (χ2v) is 8.00. The monoisotopic (exact) mass is 413 g/mol. The number of benzene rings is 1. The summed E-state index contributed by atoms with van der Waals surface area (Å²) >= 11 is 0. The van der Waals surface area contributed by atoms with Gasteiger partial charge in [-0.1, -0.05) is 30.4 Å². The number of hydrogen-bond donors (Lipinski definition) is 1. The summed E-state index contributed by atoms with van der Waals surface area (Å²) in [7, 11) is 0.161. The fraction of sp³-hybridized carbons (Fsp3) is 0.316. The SMILES string of the molecule is COc1nc(N)nc2c1ncn2[C@H]1C=C[C@@H](COP2OCc3ccccc3O2)C1. The van der Waals surface area contributed by atoms with Gasteiger partial charge in [0.15, 0.2) is 11.2 Å². The molecule has 3 heterocycles. The number of fused-ring (bicyclic) bond motifs is 2. The Balaban J connectivity index is 1.23. The Bertz CT molecular complexity index is 1070. The first-order chi connectivity index (χ1) is 14.2. The Kier molecular flexibility index (Phi) is 4.79. The summed E-state index contributed by atoms with van der Waals surface area (Å²) in [5, 5.41) is 0. The van der Waals surface area contributed by atoms with Crippen molar-refractivity contribution in [1.82, 2.24) is 19.5 Å². The molecular formula is C19H20N5O4P. The third kappa shape index (κ3) is 3.53. The minimum absolute atomic E-state index is 0.106. The Labute approximate surface area is 168 Å². The van der Waals surface area contributed by atoms with Gasteiger partial charge in [-0.3, -0.25) is 4.52 Å². The molecule has 2 aromatic heterocycles. The minimum Gasteiger partial charge on any atom is -0.479 e. The first-order valence-corrected chi connectivity index (χ1v) is 10.3. The molecule has 1 aliphatic carbocycles. The molecular weight excluding hydrogens is 393 g/mol. The highest BCUT2D eigenvalue weighted by Gasteiger charge is 2.27. The van der Waals surface area contributed by atoms with Crippen LogP contribution in [0.4, 0.5) is 5.95 Å². The highest BCUT2D eigenvalue weighted by atomic mass is 31.2. The van der Waals surface area contributed by atoms with Crippen LogP contribution in [-0.2, 0) is 15.7 Å². The summed E-state index contributed by atoms with van der Waals surface area (Å²) in [6.07, 6.45) is 6.88. The molecule has 0 saturated heterocycles. The molecule has 0 saturated carbocycles. The minimum atomic E-state index is -1.38. The van der Waals surface area contributed by atoms with Crippen LogP contribution in [-0.4, -0.2) is 33.2 Å². The zero-order valence-corrected chi connectivity index (χ0v) is 16.7. The average Bonchev–Trinajstić information content (AvgIpc) is 3.38. The van der Waals surface area contributed by atoms with Crippen LogP contribution in [0.15, 0.2) is 42.7 Å². The Morgan fingerprint density at radius 1 is 1.28 bits per heavy atom. The van der Waals surface area contributed by atoms with Crippen LogP contribution in [0.3, 0.4) is 0 Å². The Morgan fingerprint density at radius 2 is 2.17 bits per heavy atom. The maximum Gasteiger partial charge on any atom is 0.397 e. The molecule has 0 spiro atoms. The van der Waals surface area contributed by atoms with E-state index in [9.17, 15) is 0 Å². The van der Waals surface area contributed by atoms with Crippen LogP contribution in [0.2, 0.25) is 0 Å². The number of imidazole rings is 1. The molecule has 2 N–H and O–H groups in total. The summed E-state index contributed by atoms with van der Waals surface area (Å²) in [5.41, 5.74) is 8.11. The van der Waals surface area contributed by atoms with Crippen molar-refractivity contribution in [3.63, 3.8) is 0 Å². The van der Waals surface area contributed by atoms with Crippen LogP contribution >= 0.6 is 8.60 Å². The number of hydrogen-bond acceptors (Lipinski definition) is 8. The topological polar surface area (TPSA) is 107 Å². The third-order valence-electron chi connectivity index (χ3n) is 4.97. The standard InChI is InChI=1S/C19H20N5O4P/c1-25-18-16-17(22-19(20)23-18)24(11-21-16)14-7-6-12(8-14)9-26-29-27-10-13-4-2-3-5-15(13)28-29/h2-7,11-12,14H,8-10H2,1H3,(H2,20,22,23)/t12-,14+,29?/m1/s1. The summed E-state index contributed by atoms with van der Waals surface area (Å²) < 4.78 is 24.7. The van der Waals surface area contributed by atoms with E-state index >= 15 is 0 Å². The molecule has 3 atom stereocenters. The second kappa shape index (κ2) is 7.59. The zero-order chi connectivity index (χ0) is 19.8. The molecule has 9 nitrogen and oxygen atoms in total. The van der Waals surface area contributed by atoms with Gasteiger partial charge < -0.3 is 24.1 Å². The second-order valence-electron chi connectivity index (χ2n) is 6.85. The van der Waals surface area contributed by atoms with Gasteiger partial charge in [0.05, 0.1) is 32.7 Å². The fourth-order valence-corrected chi connectivity index (χ4v) is 4.61. The maximum absolute atomic E-state index is 5.91. The third-order valence-corrected chi connectivity index (χ3v) is 6.02. The lowest BCUT2D eigenvalue weighted by Crippen LogP contribution is -2.12. The summed E-state index contributed by atoms with van der Waals surface area (Å²) in [4.78, 5) is 12.8. The molecule has 1 unspecified atom stereocenters. The predicted octanol–water partition coefficient (Wildman–Crippen LogP) is 3.39. The first-order valence-electron chi connectivity index (χ1n) is 9.25. The van der Waals surface area contributed by atoms with Gasteiger partial charge in [-0.15, -0.1) is 0 Å². The van der Waals surface area contributed by atoms with Gasteiger partial charge in [0.25, 0.3) is 0 Å². The van der Waals surface area contributed by atoms with Gasteiger partial charge >= 0.3 is 8.60 Å². The summed E-state index contributed by atoms with van der Waals surface area (Å²) in [6.45, 7) is 1.03. The van der Waals surface area contributed by atoms with Crippen molar-refractivity contribution in [1.29, 1.82) is 0 Å². The van der Waals surface area contributed by atoms with E-state index in [0.29, 0.717) is 30.3 Å². The van der Waals surface area contributed by atoms with Gasteiger partial charge in [-0.25, -0.2) is 4.98 Å². The van der Waals surface area contributed by atoms with Gasteiger partial charge in [-0.05, 0) is 12.5 Å². The number of anilines is 1. The lowest BCUT2D eigenvalue weighted by molar-refractivity contribution is 0.168. The van der Waals surface area contributed by atoms with E-state index in [4.69, 9.17) is 24.0 Å². The van der Waals surface area contributed by atoms with Crippen molar-refractivity contribution in [3.8, 4) is 11.6 Å². The number of allylic oxidation sites excluding steroid dienone is 1. The lowest BCUT2D eigenvalue weighted by Gasteiger charge is -2.24. The first kappa shape index (κ1) is 18.3. The molecule has 3 aromatic rings. The number of rotatable bonds is 5. The Morgan fingerprint density at radius 3 is 3.07 bits per heavy atom. The van der Waals surface area contributed by atoms with Crippen LogP contribution in [0, 0.1) is 5.92 Å². The van der Waals surface area contributed by atoms with Crippen molar-refractivity contribution in [2.75, 3.05) is 19.5 Å².